The van der Waals surface area contributed by atoms with Crippen LogP contribution >= 0.6 is 0 Å². The highest BCUT2D eigenvalue weighted by atomic mass is 32.3. The number of rotatable bonds is 24. The van der Waals surface area contributed by atoms with Gasteiger partial charge in [0.1, 0.15) is 0 Å². The van der Waals surface area contributed by atoms with E-state index in [0.717, 1.165) is 12.8 Å². The molecule has 1 N–H and O–H groups in total. The molecule has 0 spiro atoms. The summed E-state index contributed by atoms with van der Waals surface area (Å²) in [6.07, 6.45) is 27.7. The van der Waals surface area contributed by atoms with Crippen LogP contribution in [0, 0.1) is 0 Å². The van der Waals surface area contributed by atoms with Crippen LogP contribution in [-0.2, 0) is 19.6 Å². The van der Waals surface area contributed by atoms with E-state index in [0.29, 0.717) is 6.42 Å². The highest BCUT2D eigenvalue weighted by Crippen LogP contribution is 2.15. The fourth-order valence-corrected chi connectivity index (χ4v) is 3.87. The fraction of sp³-hybridized carbons (Fsp3) is 1.00. The molecular formula is C26H57NO5S. The van der Waals surface area contributed by atoms with Crippen LogP contribution in [0.4, 0.5) is 0 Å². The molecule has 0 aromatic heterocycles. The van der Waals surface area contributed by atoms with Crippen molar-refractivity contribution in [3.8, 4) is 0 Å². The van der Waals surface area contributed by atoms with Gasteiger partial charge in [0, 0.05) is 0 Å². The molecule has 0 amide bonds. The maximum Gasteiger partial charge on any atom is 0.245 e. The third kappa shape index (κ3) is 42.4. The van der Waals surface area contributed by atoms with E-state index in [2.05, 4.69) is 37.3 Å². The van der Waals surface area contributed by atoms with Crippen molar-refractivity contribution in [1.29, 1.82) is 0 Å². The summed E-state index contributed by atoms with van der Waals surface area (Å²) in [5, 5.41) is 0. The van der Waals surface area contributed by atoms with Crippen LogP contribution in [0.15, 0.2) is 0 Å². The van der Waals surface area contributed by atoms with Gasteiger partial charge < -0.3 is 9.45 Å². The lowest BCUT2D eigenvalue weighted by atomic mass is 10.0. The Labute approximate surface area is 207 Å². The molecule has 0 aliphatic rings. The summed E-state index contributed by atoms with van der Waals surface area (Å²) in [5.41, 5.74) is 0. The highest BCUT2D eigenvalue weighted by molar-refractivity contribution is 7.80. The molecule has 0 saturated carbocycles. The summed E-state index contributed by atoms with van der Waals surface area (Å²) >= 11 is 0. The zero-order valence-corrected chi connectivity index (χ0v) is 23.3. The lowest BCUT2D eigenvalue weighted by molar-refractivity contribution is -0.836. The first-order chi connectivity index (χ1) is 15.8. The highest BCUT2D eigenvalue weighted by Gasteiger charge is 1.97. The lowest BCUT2D eigenvalue weighted by Gasteiger charge is -2.06. The minimum Gasteiger partial charge on any atom is -0.724 e. The Morgan fingerprint density at radius 3 is 1.03 bits per heavy atom. The van der Waals surface area contributed by atoms with Crippen LogP contribution in [0.5, 0.6) is 0 Å². The fourth-order valence-electron chi connectivity index (χ4n) is 3.69. The van der Waals surface area contributed by atoms with Crippen molar-refractivity contribution in [3.05, 3.63) is 0 Å². The zero-order valence-electron chi connectivity index (χ0n) is 22.5. The van der Waals surface area contributed by atoms with Gasteiger partial charge in [-0.05, 0) is 6.42 Å². The third-order valence-electron chi connectivity index (χ3n) is 5.46. The summed E-state index contributed by atoms with van der Waals surface area (Å²) in [7, 11) is 1.53. The van der Waals surface area contributed by atoms with Crippen molar-refractivity contribution in [2.45, 2.75) is 142 Å². The molecule has 0 aliphatic carbocycles. The van der Waals surface area contributed by atoms with Crippen molar-refractivity contribution in [2.75, 3.05) is 27.7 Å². The molecule has 0 saturated heterocycles. The molecule has 0 heterocycles. The van der Waals surface area contributed by atoms with E-state index < -0.39 is 10.4 Å². The smallest absolute Gasteiger partial charge is 0.245 e. The van der Waals surface area contributed by atoms with Crippen LogP contribution in [0.3, 0.4) is 0 Å². The molecule has 0 unspecified atom stereocenters. The van der Waals surface area contributed by atoms with E-state index in [9.17, 15) is 13.0 Å². The Bertz CT molecular complexity index is 455. The second-order valence-corrected chi connectivity index (χ2v) is 10.8. The first-order valence-corrected chi connectivity index (χ1v) is 15.2. The number of hydrogen-bond acceptors (Lipinski definition) is 5. The number of unbranched alkanes of at least 4 members (excludes halogenated alkanes) is 20. The topological polar surface area (TPSA) is 80.1 Å². The molecule has 0 aromatic rings. The van der Waals surface area contributed by atoms with Crippen LogP contribution in [-0.4, -0.2) is 40.7 Å². The standard InChI is InChI=1S/C23H48O5S.C3H9N/c1-2-3-4-5-6-7-8-9-10-11-12-13-14-15-16-17-18-19-20-21-22-23-27-28-29(24,25)26;1-4(2)3/h2-23H2,1H3,(H,24,25,26);1-3H3. The molecule has 7 heteroatoms. The van der Waals surface area contributed by atoms with Crippen LogP contribution in [0.1, 0.15) is 142 Å². The minimum absolute atomic E-state index is 0.153. The Morgan fingerprint density at radius 1 is 0.545 bits per heavy atom. The summed E-state index contributed by atoms with van der Waals surface area (Å²) in [6.45, 7) is 2.43. The van der Waals surface area contributed by atoms with E-state index in [1.807, 2.05) is 0 Å². The molecule has 0 radical (unpaired) electrons. The molecule has 33 heavy (non-hydrogen) atoms. The SMILES string of the molecule is CCCCCCCCCCCCCCCCCCCCCCCOOS(=O)(=O)[O-].C[NH+](C)C. The summed E-state index contributed by atoms with van der Waals surface area (Å²) < 4.78 is 34.1. The lowest BCUT2D eigenvalue weighted by Crippen LogP contribution is -3.02. The average Bonchev–Trinajstić information content (AvgIpc) is 2.73. The minimum atomic E-state index is -4.72. The number of hydrogen-bond donors (Lipinski definition) is 1. The van der Waals surface area contributed by atoms with Gasteiger partial charge in [-0.15, -0.1) is 4.33 Å². The quantitative estimate of drug-likeness (QED) is 0.0553. The van der Waals surface area contributed by atoms with Gasteiger partial charge >= 0.3 is 0 Å². The Balaban J connectivity index is 0. The van der Waals surface area contributed by atoms with Crippen LogP contribution in [0.25, 0.3) is 0 Å². The van der Waals surface area contributed by atoms with E-state index in [-0.39, 0.29) is 6.61 Å². The normalized spacial score (nSPS) is 11.6. The van der Waals surface area contributed by atoms with Crippen molar-refractivity contribution >= 4 is 10.4 Å². The van der Waals surface area contributed by atoms with Gasteiger partial charge in [0.2, 0.25) is 10.4 Å². The third-order valence-corrected chi connectivity index (χ3v) is 5.73. The molecule has 0 atom stereocenters. The maximum absolute atomic E-state index is 10.1. The van der Waals surface area contributed by atoms with Crippen molar-refractivity contribution in [2.24, 2.45) is 0 Å². The van der Waals surface area contributed by atoms with Gasteiger partial charge in [0.25, 0.3) is 0 Å². The second-order valence-electron chi connectivity index (χ2n) is 9.87. The molecule has 0 bridgehead atoms. The summed E-state index contributed by atoms with van der Waals surface area (Å²) in [5.74, 6) is 0. The number of nitrogens with one attached hydrogen (secondary N) is 1. The maximum atomic E-state index is 10.1. The van der Waals surface area contributed by atoms with Crippen LogP contribution < -0.4 is 4.90 Å². The van der Waals surface area contributed by atoms with Crippen LogP contribution in [0.2, 0.25) is 0 Å². The van der Waals surface area contributed by atoms with Crippen molar-refractivity contribution in [1.82, 2.24) is 0 Å². The predicted octanol–water partition coefficient (Wildman–Crippen LogP) is 6.37. The Kier molecular flexibility index (Phi) is 29.7. The summed E-state index contributed by atoms with van der Waals surface area (Å²) in [4.78, 5) is 5.75. The van der Waals surface area contributed by atoms with E-state index >= 15 is 0 Å². The van der Waals surface area contributed by atoms with Gasteiger partial charge in [-0.25, -0.2) is 13.3 Å². The van der Waals surface area contributed by atoms with Crippen molar-refractivity contribution in [3.63, 3.8) is 0 Å². The largest absolute Gasteiger partial charge is 0.724 e. The molecule has 0 aliphatic heterocycles. The molecular weight excluding hydrogens is 438 g/mol. The van der Waals surface area contributed by atoms with Gasteiger partial charge in [0.05, 0.1) is 27.7 Å². The van der Waals surface area contributed by atoms with Gasteiger partial charge in [-0.2, -0.15) is 0 Å². The van der Waals surface area contributed by atoms with E-state index in [4.69, 9.17) is 0 Å². The van der Waals surface area contributed by atoms with Gasteiger partial charge in [-0.3, -0.25) is 0 Å². The Hall–Kier alpha value is -0.210. The molecule has 0 rings (SSSR count). The first kappa shape index (κ1) is 35.0. The molecule has 6 nitrogen and oxygen atoms in total. The second kappa shape index (κ2) is 28.0. The Morgan fingerprint density at radius 2 is 0.788 bits per heavy atom. The number of quaternary nitrogens is 1. The molecule has 0 aromatic carbocycles. The van der Waals surface area contributed by atoms with E-state index in [1.54, 1.807) is 0 Å². The molecule has 202 valence electrons. The van der Waals surface area contributed by atoms with Gasteiger partial charge in [0.15, 0.2) is 0 Å². The molecule has 0 fully saturated rings. The van der Waals surface area contributed by atoms with E-state index in [1.165, 1.54) is 120 Å². The first-order valence-electron chi connectivity index (χ1n) is 13.8. The zero-order chi connectivity index (χ0) is 25.0. The average molecular weight is 496 g/mol. The summed E-state index contributed by atoms with van der Waals surface area (Å²) in [6, 6.07) is 0. The predicted molar refractivity (Wildman–Crippen MR) is 138 cm³/mol. The van der Waals surface area contributed by atoms with Crippen molar-refractivity contribution < 1.29 is 27.1 Å². The monoisotopic (exact) mass is 495 g/mol. The van der Waals surface area contributed by atoms with Gasteiger partial charge in [-0.1, -0.05) is 135 Å².